The van der Waals surface area contributed by atoms with Gasteiger partial charge in [0.05, 0.1) is 19.3 Å². The van der Waals surface area contributed by atoms with Crippen LogP contribution in [0.5, 0.6) is 0 Å². The molecular formula is C11H18ClNO2. The van der Waals surface area contributed by atoms with Gasteiger partial charge in [0.25, 0.3) is 0 Å². The van der Waals surface area contributed by atoms with Crippen molar-refractivity contribution in [1.29, 1.82) is 0 Å². The highest BCUT2D eigenvalue weighted by molar-refractivity contribution is 5.85. The second-order valence-corrected chi connectivity index (χ2v) is 3.31. The molecule has 1 atom stereocenters. The fourth-order valence-corrected chi connectivity index (χ4v) is 1.49. The third-order valence-electron chi connectivity index (χ3n) is 2.34. The van der Waals surface area contributed by atoms with Gasteiger partial charge < -0.3 is 10.2 Å². The van der Waals surface area contributed by atoms with Crippen LogP contribution in [0.1, 0.15) is 11.6 Å². The molecule has 1 aromatic rings. The maximum absolute atomic E-state index is 9.25. The molecule has 0 saturated heterocycles. The Balaban J connectivity index is 0.00000196. The average Bonchev–Trinajstić information content (AvgIpc) is 2.21. The second-order valence-electron chi connectivity index (χ2n) is 3.31. The largest absolute Gasteiger partial charge is 0.395 e. The Kier molecular flexibility index (Phi) is 7.34. The number of nitrogens with zero attached hydrogens (tertiary/aromatic N) is 1. The van der Waals surface area contributed by atoms with E-state index < -0.39 is 0 Å². The Morgan fingerprint density at radius 2 is 1.80 bits per heavy atom. The van der Waals surface area contributed by atoms with Gasteiger partial charge in [-0.1, -0.05) is 30.3 Å². The number of likely N-dealkylation sites (N-methyl/N-ethyl adjacent to an activating group) is 1. The first kappa shape index (κ1) is 14.4. The number of halogens is 1. The van der Waals surface area contributed by atoms with Crippen molar-refractivity contribution in [2.75, 3.05) is 26.8 Å². The summed E-state index contributed by atoms with van der Waals surface area (Å²) in [6.07, 6.45) is 0. The van der Waals surface area contributed by atoms with Crippen LogP contribution in [0.3, 0.4) is 0 Å². The van der Waals surface area contributed by atoms with E-state index in [1.165, 1.54) is 0 Å². The van der Waals surface area contributed by atoms with Crippen LogP contribution >= 0.6 is 12.4 Å². The molecule has 4 heteroatoms. The summed E-state index contributed by atoms with van der Waals surface area (Å²) in [6.45, 7) is 0.750. The van der Waals surface area contributed by atoms with E-state index in [0.717, 1.165) is 5.56 Å². The van der Waals surface area contributed by atoms with Crippen molar-refractivity contribution < 1.29 is 10.2 Å². The number of benzene rings is 1. The smallest absolute Gasteiger partial charge is 0.0628 e. The summed E-state index contributed by atoms with van der Waals surface area (Å²) in [5, 5.41) is 18.1. The van der Waals surface area contributed by atoms with E-state index >= 15 is 0 Å². The van der Waals surface area contributed by atoms with Crippen LogP contribution in [0.25, 0.3) is 0 Å². The Morgan fingerprint density at radius 1 is 1.20 bits per heavy atom. The summed E-state index contributed by atoms with van der Waals surface area (Å²) in [4.78, 5) is 1.94. The molecule has 0 radical (unpaired) electrons. The fourth-order valence-electron chi connectivity index (χ4n) is 1.49. The van der Waals surface area contributed by atoms with Crippen LogP contribution in [0.4, 0.5) is 0 Å². The fraction of sp³-hybridized carbons (Fsp3) is 0.455. The SMILES string of the molecule is CN(CCO)C(CO)c1ccccc1.Cl. The number of rotatable bonds is 5. The van der Waals surface area contributed by atoms with Crippen molar-refractivity contribution in [2.45, 2.75) is 6.04 Å². The van der Waals surface area contributed by atoms with Gasteiger partial charge >= 0.3 is 0 Å². The highest BCUT2D eigenvalue weighted by Gasteiger charge is 2.14. The van der Waals surface area contributed by atoms with Gasteiger partial charge in [0.15, 0.2) is 0 Å². The number of aliphatic hydroxyl groups is 2. The normalized spacial score (nSPS) is 12.3. The molecule has 0 heterocycles. The summed E-state index contributed by atoms with van der Waals surface area (Å²) in [5.74, 6) is 0. The predicted molar refractivity (Wildman–Crippen MR) is 63.2 cm³/mol. The third kappa shape index (κ3) is 4.18. The molecule has 0 aliphatic carbocycles. The average molecular weight is 232 g/mol. The van der Waals surface area contributed by atoms with E-state index in [0.29, 0.717) is 6.54 Å². The highest BCUT2D eigenvalue weighted by atomic mass is 35.5. The van der Waals surface area contributed by atoms with Gasteiger partial charge in [0.1, 0.15) is 0 Å². The highest BCUT2D eigenvalue weighted by Crippen LogP contribution is 2.17. The van der Waals surface area contributed by atoms with Gasteiger partial charge in [0, 0.05) is 6.54 Å². The zero-order valence-corrected chi connectivity index (χ0v) is 9.65. The first-order valence-electron chi connectivity index (χ1n) is 4.76. The monoisotopic (exact) mass is 231 g/mol. The van der Waals surface area contributed by atoms with E-state index in [-0.39, 0.29) is 31.7 Å². The lowest BCUT2D eigenvalue weighted by atomic mass is 10.1. The minimum absolute atomic E-state index is 0. The molecule has 1 rings (SSSR count). The standard InChI is InChI=1S/C11H17NO2.ClH/c1-12(7-8-13)11(9-14)10-5-3-2-4-6-10;/h2-6,11,13-14H,7-9H2,1H3;1H. The first-order valence-corrected chi connectivity index (χ1v) is 4.76. The maximum Gasteiger partial charge on any atom is 0.0628 e. The Labute approximate surface area is 96.8 Å². The molecular weight excluding hydrogens is 214 g/mol. The molecule has 0 spiro atoms. The molecule has 3 nitrogen and oxygen atoms in total. The van der Waals surface area contributed by atoms with E-state index in [2.05, 4.69) is 0 Å². The maximum atomic E-state index is 9.25. The molecule has 0 amide bonds. The van der Waals surface area contributed by atoms with E-state index in [1.54, 1.807) is 0 Å². The van der Waals surface area contributed by atoms with Gasteiger partial charge in [-0.15, -0.1) is 12.4 Å². The number of aliphatic hydroxyl groups excluding tert-OH is 2. The molecule has 1 unspecified atom stereocenters. The zero-order chi connectivity index (χ0) is 10.4. The van der Waals surface area contributed by atoms with Crippen molar-refractivity contribution in [3.63, 3.8) is 0 Å². The Bertz CT molecular complexity index is 256. The summed E-state index contributed by atoms with van der Waals surface area (Å²) in [6, 6.07) is 9.78. The Morgan fingerprint density at radius 3 is 2.27 bits per heavy atom. The van der Waals surface area contributed by atoms with Gasteiger partial charge in [-0.05, 0) is 12.6 Å². The molecule has 0 aliphatic heterocycles. The van der Waals surface area contributed by atoms with Crippen molar-refractivity contribution in [3.05, 3.63) is 35.9 Å². The van der Waals surface area contributed by atoms with Crippen LogP contribution in [0, 0.1) is 0 Å². The van der Waals surface area contributed by atoms with Gasteiger partial charge in [0.2, 0.25) is 0 Å². The predicted octanol–water partition coefficient (Wildman–Crippen LogP) is 1.07. The Hall–Kier alpha value is -0.610. The van der Waals surface area contributed by atoms with E-state index in [1.807, 2.05) is 42.3 Å². The van der Waals surface area contributed by atoms with Crippen LogP contribution < -0.4 is 0 Å². The summed E-state index contributed by atoms with van der Waals surface area (Å²) >= 11 is 0. The van der Waals surface area contributed by atoms with E-state index in [9.17, 15) is 5.11 Å². The quantitative estimate of drug-likeness (QED) is 0.797. The lowest BCUT2D eigenvalue weighted by Gasteiger charge is -2.25. The summed E-state index contributed by atoms with van der Waals surface area (Å²) in [5.41, 5.74) is 1.07. The minimum Gasteiger partial charge on any atom is -0.395 e. The number of hydrogen-bond donors (Lipinski definition) is 2. The van der Waals surface area contributed by atoms with Gasteiger partial charge in [-0.3, -0.25) is 4.90 Å². The molecule has 2 N–H and O–H groups in total. The molecule has 0 bridgehead atoms. The second kappa shape index (κ2) is 7.65. The summed E-state index contributed by atoms with van der Waals surface area (Å²) < 4.78 is 0. The lowest BCUT2D eigenvalue weighted by molar-refractivity contribution is 0.125. The van der Waals surface area contributed by atoms with Crippen molar-refractivity contribution in [2.24, 2.45) is 0 Å². The van der Waals surface area contributed by atoms with E-state index in [4.69, 9.17) is 5.11 Å². The van der Waals surface area contributed by atoms with Crippen molar-refractivity contribution in [1.82, 2.24) is 4.90 Å². The van der Waals surface area contributed by atoms with Crippen LogP contribution in [0.2, 0.25) is 0 Å². The lowest BCUT2D eigenvalue weighted by Crippen LogP contribution is -2.29. The molecule has 1 aromatic carbocycles. The molecule has 0 fully saturated rings. The minimum atomic E-state index is -0.0247. The zero-order valence-electron chi connectivity index (χ0n) is 8.84. The van der Waals surface area contributed by atoms with Crippen molar-refractivity contribution in [3.8, 4) is 0 Å². The molecule has 0 saturated carbocycles. The topological polar surface area (TPSA) is 43.7 Å². The summed E-state index contributed by atoms with van der Waals surface area (Å²) in [7, 11) is 1.89. The van der Waals surface area contributed by atoms with Crippen molar-refractivity contribution >= 4 is 12.4 Å². The third-order valence-corrected chi connectivity index (χ3v) is 2.34. The molecule has 0 aromatic heterocycles. The molecule has 0 aliphatic rings. The van der Waals surface area contributed by atoms with Crippen LogP contribution in [0.15, 0.2) is 30.3 Å². The van der Waals surface area contributed by atoms with Gasteiger partial charge in [-0.25, -0.2) is 0 Å². The first-order chi connectivity index (χ1) is 6.79. The number of hydrogen-bond acceptors (Lipinski definition) is 3. The van der Waals surface area contributed by atoms with Crippen LogP contribution in [-0.4, -0.2) is 41.9 Å². The van der Waals surface area contributed by atoms with Gasteiger partial charge in [-0.2, -0.15) is 0 Å². The van der Waals surface area contributed by atoms with Crippen LogP contribution in [-0.2, 0) is 0 Å². The molecule has 15 heavy (non-hydrogen) atoms. The molecule has 86 valence electrons.